The Hall–Kier alpha value is -0.630. The van der Waals surface area contributed by atoms with E-state index in [4.69, 9.17) is 4.79 Å². The van der Waals surface area contributed by atoms with E-state index in [0.29, 0.717) is 6.29 Å². The third kappa shape index (κ3) is 12.1. The van der Waals surface area contributed by atoms with Gasteiger partial charge in [0.25, 0.3) is 0 Å². The molecule has 0 spiro atoms. The Morgan fingerprint density at radius 1 is 1.50 bits per heavy atom. The molecule has 1 unspecified atom stereocenters. The first-order valence-corrected chi connectivity index (χ1v) is 4.32. The van der Waals surface area contributed by atoms with Crippen LogP contribution in [-0.4, -0.2) is 31.3 Å². The minimum absolute atomic E-state index is 0.639. The van der Waals surface area contributed by atoms with Crippen LogP contribution in [0.15, 0.2) is 12.7 Å². The zero-order valence-corrected chi connectivity index (χ0v) is 8.71. The van der Waals surface area contributed by atoms with Crippen LogP contribution >= 0.6 is 0 Å². The molecule has 0 bridgehead atoms. The van der Waals surface area contributed by atoms with Gasteiger partial charge in [0.2, 0.25) is 0 Å². The summed E-state index contributed by atoms with van der Waals surface area (Å²) in [6.07, 6.45) is 4.44. The van der Waals surface area contributed by atoms with E-state index in [2.05, 4.69) is 39.4 Å². The van der Waals surface area contributed by atoms with Crippen molar-refractivity contribution in [2.24, 2.45) is 0 Å². The summed E-state index contributed by atoms with van der Waals surface area (Å²) in [5.74, 6) is 0. The number of aldehydes is 1. The lowest BCUT2D eigenvalue weighted by Gasteiger charge is -2.17. The highest BCUT2D eigenvalue weighted by molar-refractivity contribution is 5.63. The average Bonchev–Trinajstić information content (AvgIpc) is 2.05. The van der Waals surface area contributed by atoms with Gasteiger partial charge in [-0.1, -0.05) is 19.9 Å². The SMILES string of the molecule is C=CC=O.CCCC(C)N(C)C. The van der Waals surface area contributed by atoms with Crippen molar-refractivity contribution in [3.63, 3.8) is 0 Å². The zero-order chi connectivity index (χ0) is 9.98. The second-order valence-corrected chi connectivity index (χ2v) is 2.97. The van der Waals surface area contributed by atoms with Crippen molar-refractivity contribution in [3.05, 3.63) is 12.7 Å². The van der Waals surface area contributed by atoms with Gasteiger partial charge in [-0.2, -0.15) is 0 Å². The van der Waals surface area contributed by atoms with Crippen LogP contribution in [0.4, 0.5) is 0 Å². The molecule has 0 saturated heterocycles. The van der Waals surface area contributed by atoms with Gasteiger partial charge in [0.1, 0.15) is 6.29 Å². The van der Waals surface area contributed by atoms with Gasteiger partial charge in [-0.05, 0) is 33.5 Å². The number of nitrogens with zero attached hydrogens (tertiary/aromatic N) is 1. The molecule has 0 aliphatic carbocycles. The van der Waals surface area contributed by atoms with Crippen LogP contribution in [0, 0.1) is 0 Å². The van der Waals surface area contributed by atoms with Gasteiger partial charge in [-0.25, -0.2) is 0 Å². The number of rotatable bonds is 4. The third-order valence-corrected chi connectivity index (χ3v) is 1.68. The van der Waals surface area contributed by atoms with Gasteiger partial charge >= 0.3 is 0 Å². The standard InChI is InChI=1S/C7H17N.C3H4O/c1-5-6-7(2)8(3)4;1-2-3-4/h7H,5-6H2,1-4H3;2-3H,1H2. The predicted octanol–water partition coefficient (Wildman–Crippen LogP) is 2.11. The van der Waals surface area contributed by atoms with E-state index < -0.39 is 0 Å². The van der Waals surface area contributed by atoms with E-state index in [1.54, 1.807) is 0 Å². The van der Waals surface area contributed by atoms with Crippen molar-refractivity contribution in [2.75, 3.05) is 14.1 Å². The molecule has 0 aromatic carbocycles. The van der Waals surface area contributed by atoms with Crippen LogP contribution in [-0.2, 0) is 4.79 Å². The average molecular weight is 171 g/mol. The second kappa shape index (κ2) is 10.4. The Morgan fingerprint density at radius 3 is 2.00 bits per heavy atom. The van der Waals surface area contributed by atoms with E-state index in [-0.39, 0.29) is 0 Å². The van der Waals surface area contributed by atoms with Crippen molar-refractivity contribution in [1.29, 1.82) is 0 Å². The fourth-order valence-corrected chi connectivity index (χ4v) is 0.676. The lowest BCUT2D eigenvalue weighted by atomic mass is 10.2. The fourth-order valence-electron chi connectivity index (χ4n) is 0.676. The number of allylic oxidation sites excluding steroid dienone is 1. The minimum Gasteiger partial charge on any atom is -0.307 e. The smallest absolute Gasteiger partial charge is 0.142 e. The highest BCUT2D eigenvalue weighted by atomic mass is 16.1. The maximum absolute atomic E-state index is 9.06. The topological polar surface area (TPSA) is 20.3 Å². The molecule has 0 aromatic rings. The molecule has 0 rings (SSSR count). The van der Waals surface area contributed by atoms with E-state index in [0.717, 1.165) is 6.04 Å². The maximum Gasteiger partial charge on any atom is 0.142 e. The molecule has 0 saturated carbocycles. The van der Waals surface area contributed by atoms with Crippen molar-refractivity contribution in [1.82, 2.24) is 4.90 Å². The lowest BCUT2D eigenvalue weighted by molar-refractivity contribution is -0.104. The molecule has 0 radical (unpaired) electrons. The van der Waals surface area contributed by atoms with Crippen molar-refractivity contribution in [3.8, 4) is 0 Å². The summed E-state index contributed by atoms with van der Waals surface area (Å²) in [5, 5.41) is 0. The van der Waals surface area contributed by atoms with Gasteiger partial charge < -0.3 is 4.90 Å². The molecule has 0 aromatic heterocycles. The molecule has 1 atom stereocenters. The molecular formula is C10H21NO. The quantitative estimate of drug-likeness (QED) is 0.477. The van der Waals surface area contributed by atoms with Crippen molar-refractivity contribution in [2.45, 2.75) is 32.7 Å². The first-order valence-electron chi connectivity index (χ1n) is 4.32. The summed E-state index contributed by atoms with van der Waals surface area (Å²) in [4.78, 5) is 11.3. The Balaban J connectivity index is 0. The molecule has 0 aliphatic heterocycles. The van der Waals surface area contributed by atoms with Crippen LogP contribution in [0.3, 0.4) is 0 Å². The van der Waals surface area contributed by atoms with Gasteiger partial charge in [-0.3, -0.25) is 4.79 Å². The van der Waals surface area contributed by atoms with Gasteiger partial charge in [-0.15, -0.1) is 0 Å². The van der Waals surface area contributed by atoms with Gasteiger partial charge in [0, 0.05) is 6.04 Å². The number of hydrogen-bond acceptors (Lipinski definition) is 2. The Labute approximate surface area is 76.3 Å². The highest BCUT2D eigenvalue weighted by Gasteiger charge is 1.99. The van der Waals surface area contributed by atoms with Crippen molar-refractivity contribution >= 4 is 6.29 Å². The predicted molar refractivity (Wildman–Crippen MR) is 54.3 cm³/mol. The molecule has 2 nitrogen and oxygen atoms in total. The largest absolute Gasteiger partial charge is 0.307 e. The Kier molecular flexibility index (Phi) is 12.0. The van der Waals surface area contributed by atoms with E-state index in [9.17, 15) is 0 Å². The zero-order valence-electron chi connectivity index (χ0n) is 8.71. The van der Waals surface area contributed by atoms with Crippen LogP contribution in [0.2, 0.25) is 0 Å². The van der Waals surface area contributed by atoms with Crippen LogP contribution in [0.25, 0.3) is 0 Å². The van der Waals surface area contributed by atoms with E-state index >= 15 is 0 Å². The molecule has 12 heavy (non-hydrogen) atoms. The summed E-state index contributed by atoms with van der Waals surface area (Å²) in [7, 11) is 4.25. The summed E-state index contributed by atoms with van der Waals surface area (Å²) in [5.41, 5.74) is 0. The van der Waals surface area contributed by atoms with Crippen molar-refractivity contribution < 1.29 is 4.79 Å². The summed E-state index contributed by atoms with van der Waals surface area (Å²) < 4.78 is 0. The fraction of sp³-hybridized carbons (Fsp3) is 0.700. The summed E-state index contributed by atoms with van der Waals surface area (Å²) in [6, 6.07) is 0.750. The summed E-state index contributed by atoms with van der Waals surface area (Å²) in [6.45, 7) is 7.59. The third-order valence-electron chi connectivity index (χ3n) is 1.68. The number of hydrogen-bond donors (Lipinski definition) is 0. The summed E-state index contributed by atoms with van der Waals surface area (Å²) >= 11 is 0. The molecule has 0 heterocycles. The second-order valence-electron chi connectivity index (χ2n) is 2.97. The van der Waals surface area contributed by atoms with Crippen LogP contribution < -0.4 is 0 Å². The molecule has 0 N–H and O–H groups in total. The molecule has 0 aliphatic rings. The maximum atomic E-state index is 9.06. The van der Waals surface area contributed by atoms with Gasteiger partial charge in [0.05, 0.1) is 0 Å². The lowest BCUT2D eigenvalue weighted by Crippen LogP contribution is -2.23. The number of carbonyl (C=O) groups excluding carboxylic acids is 1. The Bertz CT molecular complexity index is 104. The van der Waals surface area contributed by atoms with E-state index in [1.807, 2.05) is 0 Å². The monoisotopic (exact) mass is 171 g/mol. The molecule has 2 heteroatoms. The number of carbonyl (C=O) groups is 1. The van der Waals surface area contributed by atoms with Crippen LogP contribution in [0.5, 0.6) is 0 Å². The first kappa shape index (κ1) is 13.9. The molecule has 0 amide bonds. The Morgan fingerprint density at radius 2 is 1.92 bits per heavy atom. The molecule has 72 valence electrons. The molecular weight excluding hydrogens is 150 g/mol. The normalized spacial score (nSPS) is 11.4. The van der Waals surface area contributed by atoms with Gasteiger partial charge in [0.15, 0.2) is 0 Å². The van der Waals surface area contributed by atoms with E-state index in [1.165, 1.54) is 18.9 Å². The highest BCUT2D eigenvalue weighted by Crippen LogP contribution is 1.99. The first-order chi connectivity index (χ1) is 5.59. The van der Waals surface area contributed by atoms with Crippen LogP contribution in [0.1, 0.15) is 26.7 Å². The molecule has 0 fully saturated rings. The minimum atomic E-state index is 0.639.